The summed E-state index contributed by atoms with van der Waals surface area (Å²) in [6, 6.07) is 9.71. The molecular weight excluding hydrogens is 469 g/mol. The monoisotopic (exact) mass is 506 g/mol. The number of carbonyl (C=O) groups is 2. The lowest BCUT2D eigenvalue weighted by Gasteiger charge is -2.10. The topological polar surface area (TPSA) is 88.0 Å². The molecule has 0 aliphatic rings. The van der Waals surface area contributed by atoms with Crippen molar-refractivity contribution in [3.05, 3.63) is 71.0 Å². The van der Waals surface area contributed by atoms with Crippen molar-refractivity contribution < 1.29 is 9.59 Å². The van der Waals surface area contributed by atoms with Crippen molar-refractivity contribution in [2.45, 2.75) is 47.9 Å². The number of hydrogen-bond acceptors (Lipinski definition) is 5. The molecule has 1 unspecified atom stereocenters. The summed E-state index contributed by atoms with van der Waals surface area (Å²) in [4.78, 5) is 28.5. The number of aromatic nitrogens is 2. The summed E-state index contributed by atoms with van der Waals surface area (Å²) < 4.78 is 1.78. The van der Waals surface area contributed by atoms with Gasteiger partial charge in [0.15, 0.2) is 5.13 Å². The normalized spacial score (nSPS) is 11.7. The van der Waals surface area contributed by atoms with Crippen LogP contribution in [-0.4, -0.2) is 41.8 Å². The van der Waals surface area contributed by atoms with Gasteiger partial charge in [-0.1, -0.05) is 56.9 Å². The molecule has 0 aliphatic carbocycles. The second kappa shape index (κ2) is 14.9. The zero-order chi connectivity index (χ0) is 26.5. The fourth-order valence-electron chi connectivity index (χ4n) is 2.98. The second-order valence-corrected chi connectivity index (χ2v) is 9.47. The molecule has 3 N–H and O–H groups in total. The number of thiazole rings is 1. The number of carbonyl (C=O) groups excluding carboxylic acids is 2. The summed E-state index contributed by atoms with van der Waals surface area (Å²) >= 11 is 1.35. The first-order valence-corrected chi connectivity index (χ1v) is 13.1. The minimum absolute atomic E-state index is 0.112. The van der Waals surface area contributed by atoms with E-state index in [2.05, 4.69) is 54.7 Å². The molecule has 2 aromatic heterocycles. The highest BCUT2D eigenvalue weighted by Crippen LogP contribution is 2.25. The van der Waals surface area contributed by atoms with Crippen LogP contribution in [0.3, 0.4) is 0 Å². The van der Waals surface area contributed by atoms with Gasteiger partial charge in [-0.25, -0.2) is 4.98 Å². The van der Waals surface area contributed by atoms with Gasteiger partial charge in [-0.05, 0) is 45.0 Å². The van der Waals surface area contributed by atoms with Crippen molar-refractivity contribution in [1.82, 2.24) is 20.1 Å². The van der Waals surface area contributed by atoms with Crippen LogP contribution in [0.2, 0.25) is 6.82 Å². The van der Waals surface area contributed by atoms with Crippen LogP contribution in [0, 0.1) is 12.8 Å². The Morgan fingerprint density at radius 1 is 1.25 bits per heavy atom. The van der Waals surface area contributed by atoms with Crippen molar-refractivity contribution in [2.24, 2.45) is 5.92 Å². The fraction of sp³-hybridized carbons (Fsp3) is 0.370. The third-order valence-corrected chi connectivity index (χ3v) is 6.37. The number of nitrogens with one attached hydrogen (secondary N) is 3. The van der Waals surface area contributed by atoms with E-state index in [1.165, 1.54) is 23.5 Å². The molecule has 2 heterocycles. The zero-order valence-electron chi connectivity index (χ0n) is 22.1. The maximum Gasteiger partial charge on any atom is 0.253 e. The van der Waals surface area contributed by atoms with Gasteiger partial charge in [0.25, 0.3) is 5.91 Å². The number of allylic oxidation sites excluding steroid dienone is 2. The standard InChI is InChI=1S/C18H18BN4O2S.C9H19N/c1-12-4-3-5-13(8-12)15-11-26-18(21-15)22-16(24)9-20-17(25)14-6-7-23(10-14)19-2;1-5-8(3)7-10-9(4)6-2/h3-8,10-11H,9H2,1-2H3,(H,20,25)(H,21,22,24);6,8,10H,5,7H2,1-4H3/b;9-6-. The van der Waals surface area contributed by atoms with Gasteiger partial charge >= 0.3 is 0 Å². The molecule has 0 saturated carbocycles. The van der Waals surface area contributed by atoms with E-state index in [0.717, 1.165) is 29.3 Å². The van der Waals surface area contributed by atoms with Crippen LogP contribution < -0.4 is 16.0 Å². The SMILES string of the molecule is C/C=C(/C)NCC(C)CC.C[B]n1ccc(C(=O)NCC(=O)Nc2nc(-c3cccc(C)c3)cs2)c1. The van der Waals surface area contributed by atoms with Crippen LogP contribution in [0.4, 0.5) is 5.13 Å². The predicted octanol–water partition coefficient (Wildman–Crippen LogP) is 5.35. The number of aryl methyl sites for hydroxylation is 1. The summed E-state index contributed by atoms with van der Waals surface area (Å²) in [5.74, 6) is 0.181. The van der Waals surface area contributed by atoms with Crippen LogP contribution in [0.1, 0.15) is 50.0 Å². The van der Waals surface area contributed by atoms with Crippen LogP contribution in [0.5, 0.6) is 0 Å². The molecule has 36 heavy (non-hydrogen) atoms. The van der Waals surface area contributed by atoms with E-state index in [0.29, 0.717) is 10.7 Å². The van der Waals surface area contributed by atoms with Crippen LogP contribution in [0.15, 0.2) is 59.9 Å². The lowest BCUT2D eigenvalue weighted by Crippen LogP contribution is -2.32. The third kappa shape index (κ3) is 9.74. The Bertz CT molecular complexity index is 1150. The average Bonchev–Trinajstić information content (AvgIpc) is 3.56. The minimum Gasteiger partial charge on any atom is -0.402 e. The summed E-state index contributed by atoms with van der Waals surface area (Å²) in [5.41, 5.74) is 4.76. The molecule has 7 nitrogen and oxygen atoms in total. The maximum absolute atomic E-state index is 12.0. The first-order valence-electron chi connectivity index (χ1n) is 12.2. The van der Waals surface area contributed by atoms with E-state index in [9.17, 15) is 9.59 Å². The number of hydrogen-bond donors (Lipinski definition) is 3. The quantitative estimate of drug-likeness (QED) is 0.324. The first-order chi connectivity index (χ1) is 17.2. The Balaban J connectivity index is 0.000000388. The molecule has 0 saturated heterocycles. The van der Waals surface area contributed by atoms with Crippen molar-refractivity contribution >= 4 is 35.7 Å². The largest absolute Gasteiger partial charge is 0.402 e. The molecule has 9 heteroatoms. The highest BCUT2D eigenvalue weighted by Gasteiger charge is 2.11. The fourth-order valence-corrected chi connectivity index (χ4v) is 3.72. The molecule has 191 valence electrons. The number of rotatable bonds is 10. The predicted molar refractivity (Wildman–Crippen MR) is 152 cm³/mol. The van der Waals surface area contributed by atoms with Gasteiger partial charge in [-0.15, -0.1) is 11.3 Å². The summed E-state index contributed by atoms with van der Waals surface area (Å²) in [7, 11) is 1.83. The van der Waals surface area contributed by atoms with Gasteiger partial charge in [-0.2, -0.15) is 0 Å². The van der Waals surface area contributed by atoms with Gasteiger partial charge in [0.2, 0.25) is 13.3 Å². The number of anilines is 1. The van der Waals surface area contributed by atoms with E-state index in [1.54, 1.807) is 22.9 Å². The lowest BCUT2D eigenvalue weighted by molar-refractivity contribution is -0.115. The molecule has 2 amide bonds. The van der Waals surface area contributed by atoms with Crippen LogP contribution in [-0.2, 0) is 4.79 Å². The highest BCUT2D eigenvalue weighted by molar-refractivity contribution is 7.14. The Morgan fingerprint density at radius 2 is 2.03 bits per heavy atom. The number of amides is 2. The van der Waals surface area contributed by atoms with Crippen LogP contribution in [0.25, 0.3) is 11.3 Å². The van der Waals surface area contributed by atoms with Crippen molar-refractivity contribution in [3.63, 3.8) is 0 Å². The van der Waals surface area contributed by atoms with E-state index in [1.807, 2.05) is 50.8 Å². The van der Waals surface area contributed by atoms with E-state index < -0.39 is 0 Å². The molecule has 0 aliphatic heterocycles. The molecule has 0 bridgehead atoms. The summed E-state index contributed by atoms with van der Waals surface area (Å²) in [6.07, 6.45) is 6.83. The second-order valence-electron chi connectivity index (χ2n) is 8.61. The summed E-state index contributed by atoms with van der Waals surface area (Å²) in [5, 5.41) is 11.1. The Labute approximate surface area is 219 Å². The molecule has 3 aromatic rings. The number of nitrogens with zero attached hydrogens (tertiary/aromatic N) is 2. The zero-order valence-corrected chi connectivity index (χ0v) is 22.9. The lowest BCUT2D eigenvalue weighted by atomic mass is 10.0. The third-order valence-electron chi connectivity index (χ3n) is 5.61. The Hall–Kier alpha value is -3.33. The molecule has 0 spiro atoms. The van der Waals surface area contributed by atoms with Crippen molar-refractivity contribution in [2.75, 3.05) is 18.4 Å². The first kappa shape index (κ1) is 28.9. The van der Waals surface area contributed by atoms with Crippen molar-refractivity contribution in [1.29, 1.82) is 0 Å². The molecule has 1 radical (unpaired) electrons. The summed E-state index contributed by atoms with van der Waals surface area (Å²) in [6.45, 7) is 13.5. The molecule has 0 fully saturated rings. The average molecular weight is 507 g/mol. The van der Waals surface area contributed by atoms with Gasteiger partial charge in [0.1, 0.15) is 0 Å². The van der Waals surface area contributed by atoms with Crippen molar-refractivity contribution in [3.8, 4) is 11.3 Å². The molecule has 1 aromatic carbocycles. The number of benzene rings is 1. The highest BCUT2D eigenvalue weighted by atomic mass is 32.1. The molecule has 1 atom stereocenters. The van der Waals surface area contributed by atoms with Gasteiger partial charge in [0, 0.05) is 29.4 Å². The van der Waals surface area contributed by atoms with E-state index in [4.69, 9.17) is 0 Å². The Morgan fingerprint density at radius 3 is 2.67 bits per heavy atom. The van der Waals surface area contributed by atoms with Gasteiger partial charge in [-0.3, -0.25) is 9.59 Å². The smallest absolute Gasteiger partial charge is 0.253 e. The minimum atomic E-state index is -0.315. The molecular formula is C27H37BN5O2S. The van der Waals surface area contributed by atoms with E-state index >= 15 is 0 Å². The Kier molecular flexibility index (Phi) is 12.0. The maximum atomic E-state index is 12.0. The van der Waals surface area contributed by atoms with Gasteiger partial charge < -0.3 is 20.4 Å². The van der Waals surface area contributed by atoms with Gasteiger partial charge in [0.05, 0.1) is 17.8 Å². The molecule has 3 rings (SSSR count). The van der Waals surface area contributed by atoms with E-state index in [-0.39, 0.29) is 18.4 Å². The van der Waals surface area contributed by atoms with Crippen LogP contribution >= 0.6 is 11.3 Å².